The van der Waals surface area contributed by atoms with Gasteiger partial charge in [0.15, 0.2) is 0 Å². The maximum Gasteiger partial charge on any atom is 0.255 e. The summed E-state index contributed by atoms with van der Waals surface area (Å²) in [7, 11) is -3.83. The number of amides is 1. The Hall–Kier alpha value is -2.75. The minimum atomic E-state index is -3.83. The number of sulfonamides is 1. The van der Waals surface area contributed by atoms with Crippen molar-refractivity contribution in [3.63, 3.8) is 0 Å². The second-order valence-electron chi connectivity index (χ2n) is 5.70. The summed E-state index contributed by atoms with van der Waals surface area (Å²) in [5.41, 5.74) is 1.60. The van der Waals surface area contributed by atoms with E-state index >= 15 is 0 Å². The maximum atomic E-state index is 12.3. The fourth-order valence-electron chi connectivity index (χ4n) is 2.29. The summed E-state index contributed by atoms with van der Waals surface area (Å²) in [4.78, 5) is 16.6. The molecule has 1 amide bonds. The topological polar surface area (TPSA) is 111 Å². The molecule has 0 spiro atoms. The van der Waals surface area contributed by atoms with Crippen molar-refractivity contribution in [3.8, 4) is 5.75 Å². The molecular formula is C18H17N3O4S2. The molecule has 0 radical (unpaired) electrons. The highest BCUT2D eigenvalue weighted by atomic mass is 32.2. The van der Waals surface area contributed by atoms with Crippen LogP contribution in [0.5, 0.6) is 5.75 Å². The molecule has 9 heteroatoms. The van der Waals surface area contributed by atoms with E-state index in [9.17, 15) is 13.2 Å². The van der Waals surface area contributed by atoms with Crippen LogP contribution in [0.2, 0.25) is 0 Å². The van der Waals surface area contributed by atoms with Crippen LogP contribution < -0.4 is 15.2 Å². The standard InChI is InChI=1S/C18H17N3O4S2/c1-12-20-15(11-26-12)10-25-16-7-5-13(6-8-16)18(22)21-14-3-2-4-17(9-14)27(19,23)24/h2-9,11H,10H2,1H3,(H,21,22)(H2,19,23,24). The molecule has 3 N–H and O–H groups in total. The number of carbonyl (C=O) groups excluding carboxylic acids is 1. The summed E-state index contributed by atoms with van der Waals surface area (Å²) in [5, 5.41) is 10.7. The number of rotatable bonds is 6. The Morgan fingerprint density at radius 2 is 1.96 bits per heavy atom. The number of primary sulfonamides is 1. The summed E-state index contributed by atoms with van der Waals surface area (Å²) < 4.78 is 28.4. The highest BCUT2D eigenvalue weighted by molar-refractivity contribution is 7.89. The van der Waals surface area contributed by atoms with Gasteiger partial charge < -0.3 is 10.1 Å². The Bertz CT molecular complexity index is 1060. The summed E-state index contributed by atoms with van der Waals surface area (Å²) in [6.45, 7) is 2.29. The number of anilines is 1. The van der Waals surface area contributed by atoms with E-state index in [1.807, 2.05) is 12.3 Å². The Morgan fingerprint density at radius 3 is 2.59 bits per heavy atom. The van der Waals surface area contributed by atoms with Gasteiger partial charge in [-0.1, -0.05) is 6.07 Å². The molecule has 0 aliphatic carbocycles. The zero-order chi connectivity index (χ0) is 19.4. The quantitative estimate of drug-likeness (QED) is 0.657. The molecular weight excluding hydrogens is 386 g/mol. The van der Waals surface area contributed by atoms with Crippen molar-refractivity contribution in [2.45, 2.75) is 18.4 Å². The average Bonchev–Trinajstić information content (AvgIpc) is 3.05. The molecule has 0 aliphatic rings. The zero-order valence-electron chi connectivity index (χ0n) is 14.4. The number of aryl methyl sites for hydroxylation is 1. The number of carbonyl (C=O) groups is 1. The first-order valence-electron chi connectivity index (χ1n) is 7.89. The molecule has 3 rings (SSSR count). The summed E-state index contributed by atoms with van der Waals surface area (Å²) in [6.07, 6.45) is 0. The van der Waals surface area contributed by atoms with Crippen LogP contribution in [0, 0.1) is 6.92 Å². The van der Waals surface area contributed by atoms with Gasteiger partial charge in [0.2, 0.25) is 10.0 Å². The lowest BCUT2D eigenvalue weighted by Gasteiger charge is -2.08. The van der Waals surface area contributed by atoms with Crippen LogP contribution in [-0.4, -0.2) is 19.3 Å². The SMILES string of the molecule is Cc1nc(COc2ccc(C(=O)Nc3cccc(S(N)(=O)=O)c3)cc2)cs1. The molecule has 2 aromatic carbocycles. The molecule has 7 nitrogen and oxygen atoms in total. The predicted molar refractivity (Wildman–Crippen MR) is 103 cm³/mol. The van der Waals surface area contributed by atoms with E-state index in [0.717, 1.165) is 10.7 Å². The number of hydrogen-bond acceptors (Lipinski definition) is 6. The van der Waals surface area contributed by atoms with Gasteiger partial charge in [-0.2, -0.15) is 0 Å². The van der Waals surface area contributed by atoms with Crippen molar-refractivity contribution in [3.05, 3.63) is 70.2 Å². The Balaban J connectivity index is 1.64. The molecule has 1 aromatic heterocycles. The van der Waals surface area contributed by atoms with Gasteiger partial charge in [0.1, 0.15) is 12.4 Å². The lowest BCUT2D eigenvalue weighted by Crippen LogP contribution is -2.14. The molecule has 27 heavy (non-hydrogen) atoms. The van der Waals surface area contributed by atoms with Gasteiger partial charge in [0.05, 0.1) is 15.6 Å². The smallest absolute Gasteiger partial charge is 0.255 e. The van der Waals surface area contributed by atoms with Crippen molar-refractivity contribution >= 4 is 33.0 Å². The first-order valence-corrected chi connectivity index (χ1v) is 10.3. The van der Waals surface area contributed by atoms with E-state index in [4.69, 9.17) is 9.88 Å². The van der Waals surface area contributed by atoms with Crippen LogP contribution in [0.3, 0.4) is 0 Å². The van der Waals surface area contributed by atoms with E-state index < -0.39 is 10.0 Å². The molecule has 0 saturated carbocycles. The van der Waals surface area contributed by atoms with E-state index in [0.29, 0.717) is 23.6 Å². The number of aromatic nitrogens is 1. The van der Waals surface area contributed by atoms with Gasteiger partial charge in [0.25, 0.3) is 5.91 Å². The fourth-order valence-corrected chi connectivity index (χ4v) is 3.45. The van der Waals surface area contributed by atoms with Gasteiger partial charge in [-0.3, -0.25) is 4.79 Å². The van der Waals surface area contributed by atoms with Gasteiger partial charge >= 0.3 is 0 Å². The summed E-state index contributed by atoms with van der Waals surface area (Å²) in [5.74, 6) is 0.247. The summed E-state index contributed by atoms with van der Waals surface area (Å²) >= 11 is 1.56. The third-order valence-corrected chi connectivity index (χ3v) is 5.32. The van der Waals surface area contributed by atoms with E-state index in [-0.39, 0.29) is 10.8 Å². The molecule has 1 heterocycles. The molecule has 3 aromatic rings. The van der Waals surface area contributed by atoms with Crippen LogP contribution in [-0.2, 0) is 16.6 Å². The van der Waals surface area contributed by atoms with Crippen LogP contribution in [0.15, 0.2) is 58.8 Å². The molecule has 0 atom stereocenters. The minimum absolute atomic E-state index is 0.0682. The van der Waals surface area contributed by atoms with Crippen LogP contribution in [0.4, 0.5) is 5.69 Å². The molecule has 0 fully saturated rings. The molecule has 0 bridgehead atoms. The highest BCUT2D eigenvalue weighted by Crippen LogP contribution is 2.18. The second-order valence-corrected chi connectivity index (χ2v) is 8.32. The molecule has 0 saturated heterocycles. The maximum absolute atomic E-state index is 12.3. The number of hydrogen-bond donors (Lipinski definition) is 2. The van der Waals surface area contributed by atoms with E-state index in [1.165, 1.54) is 18.2 Å². The van der Waals surface area contributed by atoms with E-state index in [2.05, 4.69) is 10.3 Å². The molecule has 0 unspecified atom stereocenters. The van der Waals surface area contributed by atoms with Crippen molar-refractivity contribution in [1.29, 1.82) is 0 Å². The fraction of sp³-hybridized carbons (Fsp3) is 0.111. The lowest BCUT2D eigenvalue weighted by molar-refractivity contribution is 0.102. The van der Waals surface area contributed by atoms with Crippen molar-refractivity contribution < 1.29 is 17.9 Å². The van der Waals surface area contributed by atoms with Gasteiger partial charge in [-0.25, -0.2) is 18.5 Å². The largest absolute Gasteiger partial charge is 0.487 e. The third kappa shape index (κ3) is 5.13. The predicted octanol–water partition coefficient (Wildman–Crippen LogP) is 2.93. The summed E-state index contributed by atoms with van der Waals surface area (Å²) in [6, 6.07) is 12.4. The van der Waals surface area contributed by atoms with E-state index in [1.54, 1.807) is 41.7 Å². The normalized spacial score (nSPS) is 11.2. The molecule has 140 valence electrons. The van der Waals surface area contributed by atoms with Gasteiger partial charge in [0, 0.05) is 16.6 Å². The lowest BCUT2D eigenvalue weighted by atomic mass is 10.2. The van der Waals surface area contributed by atoms with Crippen LogP contribution in [0.1, 0.15) is 21.1 Å². The second kappa shape index (κ2) is 7.87. The number of nitrogens with two attached hydrogens (primary N) is 1. The molecule has 0 aliphatic heterocycles. The van der Waals surface area contributed by atoms with Crippen LogP contribution in [0.25, 0.3) is 0 Å². The van der Waals surface area contributed by atoms with Crippen molar-refractivity contribution in [2.75, 3.05) is 5.32 Å². The minimum Gasteiger partial charge on any atom is -0.487 e. The van der Waals surface area contributed by atoms with Crippen molar-refractivity contribution in [2.24, 2.45) is 5.14 Å². The number of thiazole rings is 1. The number of nitrogens with zero attached hydrogens (tertiary/aromatic N) is 1. The Morgan fingerprint density at radius 1 is 1.22 bits per heavy atom. The Labute approximate surface area is 160 Å². The first-order chi connectivity index (χ1) is 12.8. The van der Waals surface area contributed by atoms with Gasteiger partial charge in [-0.05, 0) is 49.4 Å². The number of nitrogens with one attached hydrogen (secondary N) is 1. The van der Waals surface area contributed by atoms with Crippen molar-refractivity contribution in [1.82, 2.24) is 4.98 Å². The number of benzene rings is 2. The third-order valence-electron chi connectivity index (χ3n) is 3.59. The highest BCUT2D eigenvalue weighted by Gasteiger charge is 2.11. The average molecular weight is 403 g/mol. The monoisotopic (exact) mass is 403 g/mol. The number of ether oxygens (including phenoxy) is 1. The van der Waals surface area contributed by atoms with Gasteiger partial charge in [-0.15, -0.1) is 11.3 Å². The zero-order valence-corrected chi connectivity index (χ0v) is 16.0. The van der Waals surface area contributed by atoms with Crippen LogP contribution >= 0.6 is 11.3 Å². The first kappa shape index (κ1) is 19.0. The Kier molecular flexibility index (Phi) is 5.54.